The summed E-state index contributed by atoms with van der Waals surface area (Å²) >= 11 is 0. The second-order valence-corrected chi connectivity index (χ2v) is 5.96. The molecule has 0 saturated carbocycles. The molecular weight excluding hydrogens is 288 g/mol. The monoisotopic (exact) mass is 304 g/mol. The van der Waals surface area contributed by atoms with E-state index in [1.165, 1.54) is 11.4 Å². The van der Waals surface area contributed by atoms with Gasteiger partial charge in [0, 0.05) is 33.2 Å². The fourth-order valence-electron chi connectivity index (χ4n) is 1.76. The van der Waals surface area contributed by atoms with Gasteiger partial charge in [0.25, 0.3) is 10.2 Å². The van der Waals surface area contributed by atoms with Crippen LogP contribution in [0.5, 0.6) is 0 Å². The Morgan fingerprint density at radius 3 is 2.55 bits per heavy atom. The zero-order valence-electron chi connectivity index (χ0n) is 10.8. The van der Waals surface area contributed by atoms with Gasteiger partial charge in [-0.2, -0.15) is 12.7 Å². The number of rotatable bonds is 5. The normalized spacial score (nSPS) is 18.1. The van der Waals surface area contributed by atoms with Gasteiger partial charge < -0.3 is 5.73 Å². The summed E-state index contributed by atoms with van der Waals surface area (Å²) in [5.74, 6) is -0.0208. The maximum absolute atomic E-state index is 11.6. The molecule has 0 bridgehead atoms. The maximum atomic E-state index is 11.6. The fraction of sp³-hybridized carbons (Fsp3) is 0.625. The molecule has 1 aromatic rings. The van der Waals surface area contributed by atoms with Gasteiger partial charge in [0.05, 0.1) is 0 Å². The third kappa shape index (κ3) is 3.04. The Morgan fingerprint density at radius 1 is 1.35 bits per heavy atom. The van der Waals surface area contributed by atoms with Crippen LogP contribution < -0.4 is 15.9 Å². The van der Waals surface area contributed by atoms with E-state index in [4.69, 9.17) is 11.1 Å². The zero-order valence-corrected chi connectivity index (χ0v) is 11.6. The van der Waals surface area contributed by atoms with Crippen molar-refractivity contribution in [2.45, 2.75) is 0 Å². The van der Waals surface area contributed by atoms with Crippen LogP contribution in [0.25, 0.3) is 0 Å². The van der Waals surface area contributed by atoms with Crippen molar-refractivity contribution in [2.75, 3.05) is 38.7 Å². The number of nitrogens with two attached hydrogens (primary N) is 1. The van der Waals surface area contributed by atoms with E-state index in [0.717, 1.165) is 0 Å². The minimum atomic E-state index is -3.40. The second kappa shape index (κ2) is 5.70. The summed E-state index contributed by atoms with van der Waals surface area (Å²) in [4.78, 5) is 0. The lowest BCUT2D eigenvalue weighted by Crippen LogP contribution is -2.52. The summed E-state index contributed by atoms with van der Waals surface area (Å²) in [6, 6.07) is 0. The summed E-state index contributed by atoms with van der Waals surface area (Å²) in [5.41, 5.74) is 8.35. The molecule has 20 heavy (non-hydrogen) atoms. The molecule has 2 rings (SSSR count). The third-order valence-corrected chi connectivity index (χ3v) is 4.41. The van der Waals surface area contributed by atoms with Gasteiger partial charge in [-0.3, -0.25) is 10.8 Å². The molecular formula is C8H16N8O3S. The Morgan fingerprint density at radius 2 is 2.00 bits per heavy atom. The summed E-state index contributed by atoms with van der Waals surface area (Å²) < 4.78 is 31.4. The van der Waals surface area contributed by atoms with E-state index < -0.39 is 10.2 Å². The molecule has 112 valence electrons. The number of hydrogen-bond acceptors (Lipinski definition) is 8. The Hall–Kier alpha value is -1.76. The molecule has 12 heteroatoms. The minimum Gasteiger partial charge on any atom is -0.382 e. The highest BCUT2D eigenvalue weighted by molar-refractivity contribution is 7.87. The van der Waals surface area contributed by atoms with Gasteiger partial charge in [0.15, 0.2) is 5.69 Å². The molecule has 5 N–H and O–H groups in total. The van der Waals surface area contributed by atoms with Crippen molar-refractivity contribution in [2.24, 2.45) is 5.73 Å². The van der Waals surface area contributed by atoms with E-state index in [0.29, 0.717) is 26.2 Å². The predicted molar refractivity (Wildman–Crippen MR) is 70.1 cm³/mol. The van der Waals surface area contributed by atoms with Crippen LogP contribution in [0.1, 0.15) is 5.69 Å². The van der Waals surface area contributed by atoms with E-state index in [-0.39, 0.29) is 17.3 Å². The molecule has 0 radical (unpaired) electrons. The van der Waals surface area contributed by atoms with E-state index in [9.17, 15) is 8.42 Å². The lowest BCUT2D eigenvalue weighted by atomic mass is 10.4. The van der Waals surface area contributed by atoms with Crippen molar-refractivity contribution in [3.8, 4) is 0 Å². The third-order valence-electron chi connectivity index (χ3n) is 2.84. The largest absolute Gasteiger partial charge is 0.382 e. The van der Waals surface area contributed by atoms with Crippen LogP contribution in [0.15, 0.2) is 4.63 Å². The molecule has 0 spiro atoms. The zero-order chi connectivity index (χ0) is 14.8. The van der Waals surface area contributed by atoms with Gasteiger partial charge in [0.2, 0.25) is 5.82 Å². The highest BCUT2D eigenvalue weighted by atomic mass is 32.2. The molecule has 1 saturated heterocycles. The van der Waals surface area contributed by atoms with Crippen LogP contribution in [0.4, 0.5) is 5.82 Å². The minimum absolute atomic E-state index is 0.121. The molecule has 1 aliphatic rings. The Bertz CT molecular complexity index is 576. The molecule has 0 unspecified atom stereocenters. The van der Waals surface area contributed by atoms with E-state index >= 15 is 0 Å². The molecule has 1 fully saturated rings. The number of hydrogen-bond donors (Lipinski definition) is 4. The van der Waals surface area contributed by atoms with Crippen LogP contribution in [-0.2, 0) is 10.2 Å². The molecule has 0 atom stereocenters. The van der Waals surface area contributed by atoms with Crippen molar-refractivity contribution in [3.63, 3.8) is 0 Å². The lowest BCUT2D eigenvalue weighted by Gasteiger charge is -2.33. The van der Waals surface area contributed by atoms with E-state index in [1.807, 2.05) is 0 Å². The van der Waals surface area contributed by atoms with Crippen molar-refractivity contribution in [3.05, 3.63) is 5.69 Å². The van der Waals surface area contributed by atoms with Crippen molar-refractivity contribution >= 4 is 21.9 Å². The quantitative estimate of drug-likeness (QED) is 0.352. The number of piperazine rings is 1. The van der Waals surface area contributed by atoms with Crippen LogP contribution >= 0.6 is 0 Å². The molecule has 1 aromatic heterocycles. The summed E-state index contributed by atoms with van der Waals surface area (Å²) in [5, 5.41) is 16.2. The number of nitrogens with one attached hydrogen (secondary N) is 3. The van der Waals surface area contributed by atoms with Gasteiger partial charge >= 0.3 is 0 Å². The first kappa shape index (κ1) is 14.6. The standard InChI is InChI=1S/C8H16N8O3S/c1-11-20(17,18)16-4-2-15(3-5-16)12-8-6(7(9)10)13-19-14-8/h11H,2-5H2,1H3,(H3,9,10)(H,12,14). The Balaban J connectivity index is 1.95. The highest BCUT2D eigenvalue weighted by Crippen LogP contribution is 2.12. The molecule has 2 heterocycles. The lowest BCUT2D eigenvalue weighted by molar-refractivity contribution is 0.216. The Labute approximate surface area is 115 Å². The Kier molecular flexibility index (Phi) is 4.17. The maximum Gasteiger partial charge on any atom is 0.279 e. The van der Waals surface area contributed by atoms with Crippen molar-refractivity contribution in [1.29, 1.82) is 5.41 Å². The summed E-state index contributed by atoms with van der Waals surface area (Å²) in [7, 11) is -2.02. The van der Waals surface area contributed by atoms with Crippen molar-refractivity contribution in [1.82, 2.24) is 24.3 Å². The topological polar surface area (TPSA) is 153 Å². The number of amidine groups is 1. The van der Waals surface area contributed by atoms with Crippen molar-refractivity contribution < 1.29 is 13.0 Å². The number of aromatic nitrogens is 2. The van der Waals surface area contributed by atoms with Gasteiger partial charge in [-0.15, -0.1) is 0 Å². The average molecular weight is 304 g/mol. The first-order chi connectivity index (χ1) is 9.44. The van der Waals surface area contributed by atoms with Crippen LogP contribution in [0.2, 0.25) is 0 Å². The first-order valence-electron chi connectivity index (χ1n) is 5.81. The fourth-order valence-corrected chi connectivity index (χ4v) is 2.66. The van der Waals surface area contributed by atoms with Gasteiger partial charge in [-0.25, -0.2) is 14.4 Å². The van der Waals surface area contributed by atoms with Crippen LogP contribution in [-0.4, -0.2) is 67.1 Å². The van der Waals surface area contributed by atoms with E-state index in [2.05, 4.69) is 25.1 Å². The van der Waals surface area contributed by atoms with Gasteiger partial charge in [-0.05, 0) is 10.3 Å². The van der Waals surface area contributed by atoms with Crippen LogP contribution in [0, 0.1) is 5.41 Å². The van der Waals surface area contributed by atoms with Crippen LogP contribution in [0.3, 0.4) is 0 Å². The SMILES string of the molecule is CNS(=O)(=O)N1CCN(Nc2nonc2C(=N)N)CC1. The first-order valence-corrected chi connectivity index (χ1v) is 7.25. The van der Waals surface area contributed by atoms with Gasteiger partial charge in [-0.1, -0.05) is 0 Å². The molecule has 0 aliphatic carbocycles. The molecule has 0 amide bonds. The molecule has 11 nitrogen and oxygen atoms in total. The number of nitrogen functional groups attached to an aromatic ring is 1. The van der Waals surface area contributed by atoms with Gasteiger partial charge in [0.1, 0.15) is 5.84 Å². The number of anilines is 1. The summed E-state index contributed by atoms with van der Waals surface area (Å²) in [6.07, 6.45) is 0. The summed E-state index contributed by atoms with van der Waals surface area (Å²) in [6.45, 7) is 1.56. The van der Waals surface area contributed by atoms with E-state index in [1.54, 1.807) is 5.01 Å². The smallest absolute Gasteiger partial charge is 0.279 e. The predicted octanol–water partition coefficient (Wildman–Crippen LogP) is -2.24. The number of hydrazine groups is 1. The highest BCUT2D eigenvalue weighted by Gasteiger charge is 2.26. The average Bonchev–Trinajstić information content (AvgIpc) is 2.88. The second-order valence-electron chi connectivity index (χ2n) is 4.08. The molecule has 0 aromatic carbocycles. The number of nitrogens with zero attached hydrogens (tertiary/aromatic N) is 4. The molecule has 1 aliphatic heterocycles.